The molecule has 1 N–H and O–H groups in total. The minimum Gasteiger partial charge on any atom is -0.444 e. The second kappa shape index (κ2) is 6.56. The van der Waals surface area contributed by atoms with E-state index < -0.39 is 29.1 Å². The number of imide groups is 1. The molecule has 0 spiro atoms. The van der Waals surface area contributed by atoms with Crippen LogP contribution in [0.25, 0.3) is 11.5 Å². The quantitative estimate of drug-likeness (QED) is 0.699. The predicted molar refractivity (Wildman–Crippen MR) is 94.7 cm³/mol. The van der Waals surface area contributed by atoms with E-state index in [2.05, 4.69) is 10.3 Å². The molecule has 6 nitrogen and oxygen atoms in total. The van der Waals surface area contributed by atoms with Gasteiger partial charge in [0.1, 0.15) is 23.4 Å². The highest BCUT2D eigenvalue weighted by molar-refractivity contribution is 6.07. The van der Waals surface area contributed by atoms with Gasteiger partial charge in [0.05, 0.1) is 12.2 Å². The zero-order valence-corrected chi connectivity index (χ0v) is 14.8. The lowest BCUT2D eigenvalue weighted by Gasteiger charge is -2.22. The molecule has 0 radical (unpaired) electrons. The summed E-state index contributed by atoms with van der Waals surface area (Å²) < 4.78 is 33.2. The van der Waals surface area contributed by atoms with Crippen LogP contribution in [0.15, 0.2) is 59.2 Å². The van der Waals surface area contributed by atoms with Crippen LogP contribution in [0.3, 0.4) is 0 Å². The highest BCUT2D eigenvalue weighted by Crippen LogP contribution is 2.32. The lowest BCUT2D eigenvalue weighted by atomic mass is 9.91. The summed E-state index contributed by atoms with van der Waals surface area (Å²) in [6, 6.07) is 11.2. The summed E-state index contributed by atoms with van der Waals surface area (Å²) in [6.07, 6.45) is 1.35. The Labute approximate surface area is 158 Å². The average Bonchev–Trinajstić information content (AvgIpc) is 3.24. The lowest BCUT2D eigenvalue weighted by Crippen LogP contribution is -2.41. The second-order valence-electron chi connectivity index (χ2n) is 6.58. The fourth-order valence-corrected chi connectivity index (χ4v) is 3.16. The summed E-state index contributed by atoms with van der Waals surface area (Å²) in [4.78, 5) is 30.4. The van der Waals surface area contributed by atoms with Crippen LogP contribution < -0.4 is 5.32 Å². The smallest absolute Gasteiger partial charge is 0.325 e. The van der Waals surface area contributed by atoms with Crippen molar-refractivity contribution in [3.05, 3.63) is 77.7 Å². The molecule has 8 heteroatoms. The van der Waals surface area contributed by atoms with E-state index in [1.807, 2.05) is 30.3 Å². The lowest BCUT2D eigenvalue weighted by molar-refractivity contribution is -0.131. The Kier molecular flexibility index (Phi) is 4.18. The van der Waals surface area contributed by atoms with Gasteiger partial charge in [-0.15, -0.1) is 0 Å². The molecule has 4 rings (SSSR count). The number of rotatable bonds is 4. The number of amides is 3. The Morgan fingerprint density at radius 3 is 2.64 bits per heavy atom. The molecule has 1 fully saturated rings. The summed E-state index contributed by atoms with van der Waals surface area (Å²) in [7, 11) is 0. The first-order valence-corrected chi connectivity index (χ1v) is 8.48. The van der Waals surface area contributed by atoms with E-state index in [4.69, 9.17) is 4.42 Å². The number of hydrogen-bond donors (Lipinski definition) is 1. The minimum atomic E-state index is -1.71. The van der Waals surface area contributed by atoms with Gasteiger partial charge in [0.2, 0.25) is 5.89 Å². The largest absolute Gasteiger partial charge is 0.444 e. The van der Waals surface area contributed by atoms with E-state index in [1.54, 1.807) is 0 Å². The van der Waals surface area contributed by atoms with Crippen LogP contribution in [0.5, 0.6) is 0 Å². The van der Waals surface area contributed by atoms with E-state index in [0.29, 0.717) is 11.6 Å². The van der Waals surface area contributed by atoms with E-state index in [-0.39, 0.29) is 12.1 Å². The van der Waals surface area contributed by atoms with Crippen LogP contribution in [0.4, 0.5) is 13.6 Å². The van der Waals surface area contributed by atoms with Crippen molar-refractivity contribution in [3.8, 4) is 11.5 Å². The van der Waals surface area contributed by atoms with Crippen molar-refractivity contribution in [1.82, 2.24) is 15.2 Å². The van der Waals surface area contributed by atoms with Crippen LogP contribution in [-0.4, -0.2) is 21.8 Å². The van der Waals surface area contributed by atoms with Crippen molar-refractivity contribution in [3.63, 3.8) is 0 Å². The standard InChI is InChI=1S/C20H15F2N3O3/c1-20(15-9-13(21)7-8-16(15)22)18(26)25(19(27)24-20)10-14-11-28-17(23-14)12-5-3-2-4-6-12/h2-9,11H,10H2,1H3,(H,24,27). The number of carbonyl (C=O) groups is 2. The zero-order valence-electron chi connectivity index (χ0n) is 14.8. The summed E-state index contributed by atoms with van der Waals surface area (Å²) in [5.74, 6) is -1.85. The summed E-state index contributed by atoms with van der Waals surface area (Å²) in [5, 5.41) is 2.45. The van der Waals surface area contributed by atoms with Gasteiger partial charge in [-0.1, -0.05) is 18.2 Å². The van der Waals surface area contributed by atoms with Crippen LogP contribution in [-0.2, 0) is 16.9 Å². The normalized spacial score (nSPS) is 19.2. The van der Waals surface area contributed by atoms with Gasteiger partial charge in [0, 0.05) is 11.1 Å². The number of nitrogens with zero attached hydrogens (tertiary/aromatic N) is 2. The number of hydrogen-bond acceptors (Lipinski definition) is 4. The Morgan fingerprint density at radius 2 is 1.89 bits per heavy atom. The van der Waals surface area contributed by atoms with Crippen LogP contribution in [0, 0.1) is 11.6 Å². The predicted octanol–water partition coefficient (Wildman–Crippen LogP) is 3.59. The van der Waals surface area contributed by atoms with Gasteiger partial charge < -0.3 is 9.73 Å². The molecule has 3 aromatic rings. The molecule has 142 valence electrons. The second-order valence-corrected chi connectivity index (χ2v) is 6.58. The molecule has 1 atom stereocenters. The molecule has 1 saturated heterocycles. The summed E-state index contributed by atoms with van der Waals surface area (Å²) in [5.41, 5.74) is -0.850. The van der Waals surface area contributed by atoms with E-state index in [0.717, 1.165) is 28.7 Å². The first kappa shape index (κ1) is 17.8. The third-order valence-corrected chi connectivity index (χ3v) is 4.63. The Bertz CT molecular complexity index is 1070. The molecule has 3 amide bonds. The van der Waals surface area contributed by atoms with Gasteiger partial charge in [-0.05, 0) is 37.3 Å². The maximum absolute atomic E-state index is 14.2. The fourth-order valence-electron chi connectivity index (χ4n) is 3.16. The van der Waals surface area contributed by atoms with E-state index in [9.17, 15) is 18.4 Å². The molecule has 1 unspecified atom stereocenters. The molecule has 0 bridgehead atoms. The Hall–Kier alpha value is -3.55. The minimum absolute atomic E-state index is 0.159. The SMILES string of the molecule is CC1(c2cc(F)ccc2F)NC(=O)N(Cc2coc(-c3ccccc3)n2)C1=O. The zero-order chi connectivity index (χ0) is 19.9. The molecule has 0 saturated carbocycles. The third-order valence-electron chi connectivity index (χ3n) is 4.63. The highest BCUT2D eigenvalue weighted by atomic mass is 19.1. The van der Waals surface area contributed by atoms with Crippen molar-refractivity contribution in [2.75, 3.05) is 0 Å². The van der Waals surface area contributed by atoms with Gasteiger partial charge >= 0.3 is 6.03 Å². The van der Waals surface area contributed by atoms with Crippen molar-refractivity contribution in [1.29, 1.82) is 0 Å². The maximum Gasteiger partial charge on any atom is 0.325 e. The molecule has 1 aliphatic heterocycles. The van der Waals surface area contributed by atoms with Gasteiger partial charge in [0.25, 0.3) is 5.91 Å². The average molecular weight is 383 g/mol. The van der Waals surface area contributed by atoms with Crippen molar-refractivity contribution in [2.24, 2.45) is 0 Å². The van der Waals surface area contributed by atoms with Crippen molar-refractivity contribution >= 4 is 11.9 Å². The number of halogens is 2. The molecule has 2 heterocycles. The van der Waals surface area contributed by atoms with Gasteiger partial charge in [-0.2, -0.15) is 0 Å². The number of carbonyl (C=O) groups excluding carboxylic acids is 2. The number of benzene rings is 2. The number of oxazole rings is 1. The highest BCUT2D eigenvalue weighted by Gasteiger charge is 2.50. The van der Waals surface area contributed by atoms with Crippen molar-refractivity contribution in [2.45, 2.75) is 19.0 Å². The Morgan fingerprint density at radius 1 is 1.14 bits per heavy atom. The number of nitrogens with one attached hydrogen (secondary N) is 1. The van der Waals surface area contributed by atoms with Crippen LogP contribution >= 0.6 is 0 Å². The molecular weight excluding hydrogens is 368 g/mol. The van der Waals surface area contributed by atoms with Gasteiger partial charge in [-0.25, -0.2) is 18.6 Å². The van der Waals surface area contributed by atoms with Crippen LogP contribution in [0.1, 0.15) is 18.2 Å². The monoisotopic (exact) mass is 383 g/mol. The van der Waals surface area contributed by atoms with Gasteiger partial charge in [-0.3, -0.25) is 9.69 Å². The maximum atomic E-state index is 14.2. The first-order chi connectivity index (χ1) is 13.4. The van der Waals surface area contributed by atoms with E-state index in [1.165, 1.54) is 13.2 Å². The molecule has 1 aromatic heterocycles. The molecular formula is C20H15F2N3O3. The molecule has 1 aliphatic rings. The third kappa shape index (κ3) is 2.92. The summed E-state index contributed by atoms with van der Waals surface area (Å²) >= 11 is 0. The van der Waals surface area contributed by atoms with Crippen LogP contribution in [0.2, 0.25) is 0 Å². The molecule has 28 heavy (non-hydrogen) atoms. The summed E-state index contributed by atoms with van der Waals surface area (Å²) in [6.45, 7) is 1.18. The van der Waals surface area contributed by atoms with Crippen molar-refractivity contribution < 1.29 is 22.8 Å². The van der Waals surface area contributed by atoms with Gasteiger partial charge in [0.15, 0.2) is 0 Å². The molecule has 2 aromatic carbocycles. The van der Waals surface area contributed by atoms with E-state index >= 15 is 0 Å². The Balaban J connectivity index is 1.60. The number of urea groups is 1. The fraction of sp³-hybridized carbons (Fsp3) is 0.150. The first-order valence-electron chi connectivity index (χ1n) is 8.48. The topological polar surface area (TPSA) is 75.4 Å². The molecule has 0 aliphatic carbocycles. The number of aromatic nitrogens is 1.